The van der Waals surface area contributed by atoms with Crippen molar-refractivity contribution in [2.45, 2.75) is 26.2 Å². The van der Waals surface area contributed by atoms with E-state index in [0.29, 0.717) is 0 Å². The Morgan fingerprint density at radius 2 is 1.17 bits per heavy atom. The van der Waals surface area contributed by atoms with Crippen molar-refractivity contribution in [1.82, 2.24) is 9.55 Å². The summed E-state index contributed by atoms with van der Waals surface area (Å²) in [6.45, 7) is 6.70. The predicted molar refractivity (Wildman–Crippen MR) is 123 cm³/mol. The zero-order valence-electron chi connectivity index (χ0n) is 17.1. The fourth-order valence-corrected chi connectivity index (χ4v) is 4.17. The Morgan fingerprint density at radius 3 is 1.76 bits per heavy atom. The van der Waals surface area contributed by atoms with Crippen LogP contribution >= 0.6 is 0 Å². The summed E-state index contributed by atoms with van der Waals surface area (Å²) < 4.78 is 2.29. The summed E-state index contributed by atoms with van der Waals surface area (Å²) in [5.41, 5.74) is 5.83. The molecule has 0 aliphatic carbocycles. The number of hydrogen-bond donors (Lipinski definition) is 0. The molecule has 0 amide bonds. The first-order chi connectivity index (χ1) is 14.0. The largest absolute Gasteiger partial charge is 0.294 e. The van der Waals surface area contributed by atoms with Gasteiger partial charge in [-0.25, -0.2) is 4.98 Å². The molecule has 0 bridgehead atoms. The molecule has 0 fully saturated rings. The maximum atomic E-state index is 5.23. The standard InChI is InChI=1S/C27H24N2/c1-27(2,3)26-20(19-11-5-4-6-12-19)17-18-25(28-26)29-23-15-9-7-13-21(23)22-14-8-10-16-24(22)29/h4-18H,1-3H3. The summed E-state index contributed by atoms with van der Waals surface area (Å²) in [6.07, 6.45) is 0. The zero-order valence-corrected chi connectivity index (χ0v) is 17.1. The van der Waals surface area contributed by atoms with E-state index in [9.17, 15) is 0 Å². The lowest BCUT2D eigenvalue weighted by atomic mass is 9.86. The molecule has 3 aromatic carbocycles. The summed E-state index contributed by atoms with van der Waals surface area (Å²) in [4.78, 5) is 5.23. The van der Waals surface area contributed by atoms with Gasteiger partial charge in [0.25, 0.3) is 0 Å². The Hall–Kier alpha value is -3.39. The molecule has 29 heavy (non-hydrogen) atoms. The summed E-state index contributed by atoms with van der Waals surface area (Å²) in [5.74, 6) is 0.965. The van der Waals surface area contributed by atoms with Crippen LogP contribution in [0.15, 0.2) is 91.0 Å². The lowest BCUT2D eigenvalue weighted by Gasteiger charge is -2.23. The van der Waals surface area contributed by atoms with Crippen LogP contribution in [-0.2, 0) is 5.41 Å². The number of rotatable bonds is 2. The van der Waals surface area contributed by atoms with Crippen LogP contribution in [0.2, 0.25) is 0 Å². The number of pyridine rings is 1. The first-order valence-corrected chi connectivity index (χ1v) is 10.1. The highest BCUT2D eigenvalue weighted by Gasteiger charge is 2.22. The van der Waals surface area contributed by atoms with Gasteiger partial charge in [-0.1, -0.05) is 87.5 Å². The van der Waals surface area contributed by atoms with E-state index in [0.717, 1.165) is 11.5 Å². The molecule has 0 aliphatic heterocycles. The molecule has 142 valence electrons. The van der Waals surface area contributed by atoms with Gasteiger partial charge in [-0.05, 0) is 29.8 Å². The summed E-state index contributed by atoms with van der Waals surface area (Å²) >= 11 is 0. The van der Waals surface area contributed by atoms with E-state index in [1.165, 1.54) is 32.9 Å². The molecule has 5 aromatic rings. The van der Waals surface area contributed by atoms with Crippen molar-refractivity contribution in [3.8, 4) is 16.9 Å². The molecule has 0 atom stereocenters. The quantitative estimate of drug-likeness (QED) is 0.320. The average Bonchev–Trinajstić information content (AvgIpc) is 3.08. The first-order valence-electron chi connectivity index (χ1n) is 10.1. The molecule has 0 spiro atoms. The van der Waals surface area contributed by atoms with Crippen LogP contribution in [0, 0.1) is 0 Å². The van der Waals surface area contributed by atoms with E-state index in [1.54, 1.807) is 0 Å². The molecule has 0 aliphatic rings. The van der Waals surface area contributed by atoms with E-state index in [2.05, 4.69) is 116 Å². The smallest absolute Gasteiger partial charge is 0.137 e. The molecule has 0 saturated heterocycles. The Morgan fingerprint density at radius 1 is 0.621 bits per heavy atom. The summed E-state index contributed by atoms with van der Waals surface area (Å²) in [5, 5.41) is 2.52. The predicted octanol–water partition coefficient (Wildman–Crippen LogP) is 7.14. The molecule has 5 rings (SSSR count). The number of aromatic nitrogens is 2. The van der Waals surface area contributed by atoms with Gasteiger partial charge in [0.1, 0.15) is 5.82 Å². The van der Waals surface area contributed by atoms with Gasteiger partial charge in [-0.2, -0.15) is 0 Å². The van der Waals surface area contributed by atoms with Crippen molar-refractivity contribution >= 4 is 21.8 Å². The van der Waals surface area contributed by atoms with Crippen LogP contribution in [0.3, 0.4) is 0 Å². The summed E-state index contributed by atoms with van der Waals surface area (Å²) in [6, 6.07) is 32.1. The van der Waals surface area contributed by atoms with E-state index in [-0.39, 0.29) is 5.41 Å². The minimum atomic E-state index is -0.0695. The van der Waals surface area contributed by atoms with Crippen LogP contribution in [0.1, 0.15) is 26.5 Å². The lowest BCUT2D eigenvalue weighted by molar-refractivity contribution is 0.570. The number of hydrogen-bond acceptors (Lipinski definition) is 1. The van der Waals surface area contributed by atoms with Crippen molar-refractivity contribution in [2.75, 3.05) is 0 Å². The fraction of sp³-hybridized carbons (Fsp3) is 0.148. The topological polar surface area (TPSA) is 17.8 Å². The lowest BCUT2D eigenvalue weighted by Crippen LogP contribution is -2.16. The minimum absolute atomic E-state index is 0.0695. The molecule has 2 heteroatoms. The van der Waals surface area contributed by atoms with E-state index in [4.69, 9.17) is 4.98 Å². The molecule has 2 aromatic heterocycles. The van der Waals surface area contributed by atoms with Gasteiger partial charge in [0, 0.05) is 21.8 Å². The van der Waals surface area contributed by atoms with Gasteiger partial charge in [0.05, 0.1) is 16.7 Å². The van der Waals surface area contributed by atoms with Crippen LogP contribution in [0.25, 0.3) is 38.8 Å². The van der Waals surface area contributed by atoms with Gasteiger partial charge in [-0.15, -0.1) is 0 Å². The summed E-state index contributed by atoms with van der Waals surface area (Å²) in [7, 11) is 0. The van der Waals surface area contributed by atoms with Crippen LogP contribution in [0.5, 0.6) is 0 Å². The Labute approximate surface area is 171 Å². The van der Waals surface area contributed by atoms with Gasteiger partial charge in [0.15, 0.2) is 0 Å². The molecule has 0 N–H and O–H groups in total. The second-order valence-electron chi connectivity index (χ2n) is 8.55. The van der Waals surface area contributed by atoms with E-state index in [1.807, 2.05) is 0 Å². The third kappa shape index (κ3) is 2.92. The molecule has 0 unspecified atom stereocenters. The van der Waals surface area contributed by atoms with Crippen LogP contribution in [0.4, 0.5) is 0 Å². The molecule has 2 heterocycles. The van der Waals surface area contributed by atoms with Crippen molar-refractivity contribution in [3.05, 3.63) is 96.7 Å². The van der Waals surface area contributed by atoms with Gasteiger partial charge >= 0.3 is 0 Å². The molecular formula is C27H24N2. The second kappa shape index (κ2) is 6.59. The van der Waals surface area contributed by atoms with Crippen molar-refractivity contribution in [2.24, 2.45) is 0 Å². The maximum absolute atomic E-state index is 5.23. The van der Waals surface area contributed by atoms with E-state index < -0.39 is 0 Å². The average molecular weight is 377 g/mol. The molecule has 2 nitrogen and oxygen atoms in total. The van der Waals surface area contributed by atoms with Crippen LogP contribution < -0.4 is 0 Å². The van der Waals surface area contributed by atoms with Gasteiger partial charge in [0.2, 0.25) is 0 Å². The highest BCUT2D eigenvalue weighted by Crippen LogP contribution is 2.35. The van der Waals surface area contributed by atoms with Crippen molar-refractivity contribution in [3.63, 3.8) is 0 Å². The molecular weight excluding hydrogens is 352 g/mol. The third-order valence-corrected chi connectivity index (χ3v) is 5.48. The maximum Gasteiger partial charge on any atom is 0.137 e. The zero-order chi connectivity index (χ0) is 20.0. The first kappa shape index (κ1) is 17.7. The fourth-order valence-electron chi connectivity index (χ4n) is 4.17. The highest BCUT2D eigenvalue weighted by atomic mass is 15.1. The molecule has 0 saturated carbocycles. The van der Waals surface area contributed by atoms with Crippen molar-refractivity contribution in [1.29, 1.82) is 0 Å². The molecule has 0 radical (unpaired) electrons. The second-order valence-corrected chi connectivity index (χ2v) is 8.55. The SMILES string of the molecule is CC(C)(C)c1nc(-n2c3ccccc3c3ccccc32)ccc1-c1ccccc1. The highest BCUT2D eigenvalue weighted by molar-refractivity contribution is 6.09. The Kier molecular flexibility index (Phi) is 4.02. The Bertz CT molecular complexity index is 1270. The van der Waals surface area contributed by atoms with Crippen LogP contribution in [-0.4, -0.2) is 9.55 Å². The number of benzene rings is 3. The normalized spacial score (nSPS) is 12.0. The minimum Gasteiger partial charge on any atom is -0.294 e. The van der Waals surface area contributed by atoms with Crippen molar-refractivity contribution < 1.29 is 0 Å². The number of fused-ring (bicyclic) bond motifs is 3. The van der Waals surface area contributed by atoms with Gasteiger partial charge in [-0.3, -0.25) is 4.57 Å². The number of nitrogens with zero attached hydrogens (tertiary/aromatic N) is 2. The monoisotopic (exact) mass is 376 g/mol. The van der Waals surface area contributed by atoms with E-state index >= 15 is 0 Å². The third-order valence-electron chi connectivity index (χ3n) is 5.48. The number of para-hydroxylation sites is 2. The Balaban J connectivity index is 1.82. The van der Waals surface area contributed by atoms with Gasteiger partial charge < -0.3 is 0 Å².